The van der Waals surface area contributed by atoms with Gasteiger partial charge in [-0.15, -0.1) is 11.3 Å². The molecule has 2 aliphatic rings. The SMILES string of the molecule is Cc1ccc(C(Br)CC2CC3CCC2C3)s1. The third kappa shape index (κ3) is 2.11. The molecule has 2 aliphatic carbocycles. The van der Waals surface area contributed by atoms with E-state index in [1.54, 1.807) is 0 Å². The van der Waals surface area contributed by atoms with Gasteiger partial charge in [0.05, 0.1) is 0 Å². The molecular weight excluding hydrogens is 280 g/mol. The van der Waals surface area contributed by atoms with Crippen LogP contribution < -0.4 is 0 Å². The van der Waals surface area contributed by atoms with E-state index in [0.717, 1.165) is 17.8 Å². The van der Waals surface area contributed by atoms with E-state index >= 15 is 0 Å². The highest BCUT2D eigenvalue weighted by molar-refractivity contribution is 9.09. The average molecular weight is 299 g/mol. The predicted molar refractivity (Wildman–Crippen MR) is 74.3 cm³/mol. The topological polar surface area (TPSA) is 0 Å². The molecule has 0 aliphatic heterocycles. The molecule has 0 nitrogen and oxygen atoms in total. The molecule has 2 heteroatoms. The van der Waals surface area contributed by atoms with E-state index in [9.17, 15) is 0 Å². The number of rotatable bonds is 3. The summed E-state index contributed by atoms with van der Waals surface area (Å²) in [5, 5.41) is 0. The number of hydrogen-bond acceptors (Lipinski definition) is 1. The van der Waals surface area contributed by atoms with E-state index in [1.165, 1.54) is 41.9 Å². The molecule has 4 unspecified atom stereocenters. The fraction of sp³-hybridized carbons (Fsp3) is 0.714. The molecule has 0 spiro atoms. The normalized spacial score (nSPS) is 34.5. The van der Waals surface area contributed by atoms with Crippen LogP contribution in [0.25, 0.3) is 0 Å². The van der Waals surface area contributed by atoms with Crippen molar-refractivity contribution in [3.8, 4) is 0 Å². The largest absolute Gasteiger partial charge is 0.145 e. The fourth-order valence-electron chi connectivity index (χ4n) is 3.67. The van der Waals surface area contributed by atoms with Crippen molar-refractivity contribution in [2.75, 3.05) is 0 Å². The maximum Gasteiger partial charge on any atom is 0.0492 e. The van der Waals surface area contributed by atoms with E-state index < -0.39 is 0 Å². The van der Waals surface area contributed by atoms with Gasteiger partial charge in [-0.2, -0.15) is 0 Å². The quantitative estimate of drug-likeness (QED) is 0.663. The molecule has 4 atom stereocenters. The Kier molecular flexibility index (Phi) is 3.14. The highest BCUT2D eigenvalue weighted by Gasteiger charge is 2.40. The summed E-state index contributed by atoms with van der Waals surface area (Å²) in [5.41, 5.74) is 0. The van der Waals surface area contributed by atoms with Crippen LogP contribution in [-0.2, 0) is 0 Å². The molecule has 0 N–H and O–H groups in total. The fourth-order valence-corrected chi connectivity index (χ4v) is 5.45. The summed E-state index contributed by atoms with van der Waals surface area (Å²) in [6.45, 7) is 2.20. The second kappa shape index (κ2) is 4.45. The number of aryl methyl sites for hydroxylation is 1. The lowest BCUT2D eigenvalue weighted by Crippen LogP contribution is -2.11. The first-order valence-electron chi connectivity index (χ1n) is 6.43. The molecule has 1 aromatic heterocycles. The third-order valence-electron chi connectivity index (χ3n) is 4.46. The molecule has 0 aromatic carbocycles. The summed E-state index contributed by atoms with van der Waals surface area (Å²) in [4.78, 5) is 3.57. The van der Waals surface area contributed by atoms with E-state index in [0.29, 0.717) is 4.83 Å². The molecule has 1 aromatic rings. The summed E-state index contributed by atoms with van der Waals surface area (Å²) < 4.78 is 0. The minimum Gasteiger partial charge on any atom is -0.145 e. The molecule has 2 fully saturated rings. The third-order valence-corrected chi connectivity index (χ3v) is 6.75. The molecule has 1 heterocycles. The van der Waals surface area contributed by atoms with Crippen molar-refractivity contribution < 1.29 is 0 Å². The van der Waals surface area contributed by atoms with Crippen LogP contribution >= 0.6 is 27.3 Å². The zero-order chi connectivity index (χ0) is 11.1. The minimum absolute atomic E-state index is 0.607. The second-order valence-electron chi connectivity index (χ2n) is 5.59. The first-order valence-corrected chi connectivity index (χ1v) is 8.16. The molecule has 3 rings (SSSR count). The monoisotopic (exact) mass is 298 g/mol. The lowest BCUT2D eigenvalue weighted by atomic mass is 9.85. The first-order chi connectivity index (χ1) is 7.72. The minimum atomic E-state index is 0.607. The second-order valence-corrected chi connectivity index (χ2v) is 8.01. The standard InChI is InChI=1S/C14H19BrS/c1-9-2-5-14(16-9)13(15)8-12-7-10-3-4-11(12)6-10/h2,5,10-13H,3-4,6-8H2,1H3. The Hall–Kier alpha value is 0.180. The van der Waals surface area contributed by atoms with Gasteiger partial charge in [0, 0.05) is 14.6 Å². The van der Waals surface area contributed by atoms with Crippen molar-refractivity contribution >= 4 is 27.3 Å². The highest BCUT2D eigenvalue weighted by atomic mass is 79.9. The van der Waals surface area contributed by atoms with E-state index in [-0.39, 0.29) is 0 Å². The lowest BCUT2D eigenvalue weighted by molar-refractivity contribution is 0.314. The van der Waals surface area contributed by atoms with E-state index in [4.69, 9.17) is 0 Å². The van der Waals surface area contributed by atoms with Gasteiger partial charge < -0.3 is 0 Å². The summed E-state index contributed by atoms with van der Waals surface area (Å²) in [5.74, 6) is 3.15. The van der Waals surface area contributed by atoms with E-state index in [2.05, 4.69) is 35.0 Å². The van der Waals surface area contributed by atoms with E-state index in [1.807, 2.05) is 11.3 Å². The molecule has 0 saturated heterocycles. The van der Waals surface area contributed by atoms with Gasteiger partial charge in [-0.05, 0) is 62.5 Å². The Morgan fingerprint density at radius 1 is 1.38 bits per heavy atom. The van der Waals surface area contributed by atoms with Crippen LogP contribution in [0, 0.1) is 24.7 Å². The van der Waals surface area contributed by atoms with Crippen LogP contribution in [0.5, 0.6) is 0 Å². The van der Waals surface area contributed by atoms with Gasteiger partial charge >= 0.3 is 0 Å². The number of alkyl halides is 1. The van der Waals surface area contributed by atoms with Crippen molar-refractivity contribution in [3.63, 3.8) is 0 Å². The van der Waals surface area contributed by atoms with Gasteiger partial charge in [0.15, 0.2) is 0 Å². The van der Waals surface area contributed by atoms with Gasteiger partial charge in [-0.1, -0.05) is 22.4 Å². The van der Waals surface area contributed by atoms with Crippen LogP contribution in [0.2, 0.25) is 0 Å². The molecular formula is C14H19BrS. The lowest BCUT2D eigenvalue weighted by Gasteiger charge is -2.23. The molecule has 88 valence electrons. The number of fused-ring (bicyclic) bond motifs is 2. The van der Waals surface area contributed by atoms with Crippen molar-refractivity contribution in [2.24, 2.45) is 17.8 Å². The maximum atomic E-state index is 3.89. The Morgan fingerprint density at radius 2 is 2.25 bits per heavy atom. The van der Waals surface area contributed by atoms with Gasteiger partial charge in [-0.25, -0.2) is 0 Å². The van der Waals surface area contributed by atoms with Crippen molar-refractivity contribution in [2.45, 2.75) is 43.9 Å². The predicted octanol–water partition coefficient (Wildman–Crippen LogP) is 5.32. The van der Waals surface area contributed by atoms with Crippen molar-refractivity contribution in [1.82, 2.24) is 0 Å². The highest BCUT2D eigenvalue weighted by Crippen LogP contribution is 2.52. The zero-order valence-corrected chi connectivity index (χ0v) is 12.2. The Labute approximate surface area is 111 Å². The average Bonchev–Trinajstić information content (AvgIpc) is 2.92. The smallest absolute Gasteiger partial charge is 0.0492 e. The van der Waals surface area contributed by atoms with Crippen LogP contribution in [0.4, 0.5) is 0 Å². The maximum absolute atomic E-state index is 3.89. The number of halogens is 1. The molecule has 0 amide bonds. The number of hydrogen-bond donors (Lipinski definition) is 0. The van der Waals surface area contributed by atoms with Crippen LogP contribution in [0.1, 0.15) is 46.7 Å². The van der Waals surface area contributed by atoms with Crippen LogP contribution in [-0.4, -0.2) is 0 Å². The first kappa shape index (κ1) is 11.3. The summed E-state index contributed by atoms with van der Waals surface area (Å²) in [7, 11) is 0. The summed E-state index contributed by atoms with van der Waals surface area (Å²) in [6.07, 6.45) is 7.44. The zero-order valence-electron chi connectivity index (χ0n) is 9.79. The number of thiophene rings is 1. The summed E-state index contributed by atoms with van der Waals surface area (Å²) in [6, 6.07) is 4.54. The van der Waals surface area contributed by atoms with Crippen molar-refractivity contribution in [1.29, 1.82) is 0 Å². The van der Waals surface area contributed by atoms with Gasteiger partial charge in [0.1, 0.15) is 0 Å². The Balaban J connectivity index is 1.62. The van der Waals surface area contributed by atoms with Crippen LogP contribution in [0.15, 0.2) is 12.1 Å². The Morgan fingerprint density at radius 3 is 2.81 bits per heavy atom. The molecule has 16 heavy (non-hydrogen) atoms. The van der Waals surface area contributed by atoms with Gasteiger partial charge in [0.2, 0.25) is 0 Å². The van der Waals surface area contributed by atoms with Gasteiger partial charge in [-0.3, -0.25) is 0 Å². The Bertz CT molecular complexity index is 371. The molecule has 2 bridgehead atoms. The van der Waals surface area contributed by atoms with Crippen molar-refractivity contribution in [3.05, 3.63) is 21.9 Å². The van der Waals surface area contributed by atoms with Gasteiger partial charge in [0.25, 0.3) is 0 Å². The molecule has 2 saturated carbocycles. The molecule has 0 radical (unpaired) electrons. The van der Waals surface area contributed by atoms with Crippen LogP contribution in [0.3, 0.4) is 0 Å². The summed E-state index contributed by atoms with van der Waals surface area (Å²) >= 11 is 5.84.